The van der Waals surface area contributed by atoms with Crippen molar-refractivity contribution in [2.45, 2.75) is 31.7 Å². The lowest BCUT2D eigenvalue weighted by molar-refractivity contribution is -0.128. The van der Waals surface area contributed by atoms with Gasteiger partial charge in [-0.1, -0.05) is 37.1 Å². The molecule has 1 saturated heterocycles. The monoisotopic (exact) mass is 525 g/mol. The lowest BCUT2D eigenvalue weighted by atomic mass is 10.1. The minimum atomic E-state index is -0.258. The summed E-state index contributed by atoms with van der Waals surface area (Å²) in [6.07, 6.45) is 12.2. The van der Waals surface area contributed by atoms with E-state index in [1.807, 2.05) is 33.7 Å². The molecular weight excluding hydrogens is 494 g/mol. The number of nitrogens with zero attached hydrogens (tertiary/aromatic N) is 5. The highest BCUT2D eigenvalue weighted by Gasteiger charge is 2.30. The van der Waals surface area contributed by atoms with Gasteiger partial charge in [0.15, 0.2) is 0 Å². The van der Waals surface area contributed by atoms with Gasteiger partial charge >= 0.3 is 0 Å². The van der Waals surface area contributed by atoms with Gasteiger partial charge in [0.2, 0.25) is 5.91 Å². The first-order chi connectivity index (χ1) is 19.1. The SMILES string of the molecule is COC/C=C/C(=O)N1CCCCCC1c1nc(-c2ccc(C(=O)Nc3ccccn3)cc2)c2c(N)nccn12. The van der Waals surface area contributed by atoms with Crippen molar-refractivity contribution in [1.82, 2.24) is 24.3 Å². The zero-order valence-corrected chi connectivity index (χ0v) is 21.8. The van der Waals surface area contributed by atoms with Gasteiger partial charge in [-0.05, 0) is 37.1 Å². The zero-order chi connectivity index (χ0) is 27.2. The molecule has 0 spiro atoms. The number of nitrogen functional groups attached to an aromatic ring is 1. The third-order valence-electron chi connectivity index (χ3n) is 6.79. The van der Waals surface area contributed by atoms with E-state index in [0.29, 0.717) is 41.6 Å². The molecule has 0 aliphatic carbocycles. The van der Waals surface area contributed by atoms with Crippen LogP contribution in [0.1, 0.15) is 47.9 Å². The van der Waals surface area contributed by atoms with Crippen LogP contribution < -0.4 is 11.1 Å². The Bertz CT molecular complexity index is 1480. The van der Waals surface area contributed by atoms with Gasteiger partial charge in [-0.3, -0.25) is 14.0 Å². The predicted molar refractivity (Wildman–Crippen MR) is 149 cm³/mol. The molecule has 2 amide bonds. The van der Waals surface area contributed by atoms with E-state index >= 15 is 0 Å². The van der Waals surface area contributed by atoms with E-state index in [9.17, 15) is 9.59 Å². The quantitative estimate of drug-likeness (QED) is 0.345. The average Bonchev–Trinajstić information content (AvgIpc) is 3.18. The Labute approximate surface area is 226 Å². The highest BCUT2D eigenvalue weighted by atomic mass is 16.5. The van der Waals surface area contributed by atoms with Gasteiger partial charge in [-0.25, -0.2) is 15.0 Å². The molecule has 1 aliphatic rings. The van der Waals surface area contributed by atoms with Gasteiger partial charge in [-0.15, -0.1) is 0 Å². The number of methoxy groups -OCH3 is 1. The molecule has 0 radical (unpaired) electrons. The van der Waals surface area contributed by atoms with Crippen molar-refractivity contribution in [1.29, 1.82) is 0 Å². The molecule has 3 N–H and O–H groups in total. The lowest BCUT2D eigenvalue weighted by Crippen LogP contribution is -2.34. The van der Waals surface area contributed by atoms with Gasteiger partial charge < -0.3 is 20.7 Å². The maximum Gasteiger partial charge on any atom is 0.256 e. The fraction of sp³-hybridized carbons (Fsp3) is 0.276. The Balaban J connectivity index is 1.50. The Hall–Kier alpha value is -4.57. The highest BCUT2D eigenvalue weighted by molar-refractivity contribution is 6.04. The number of hydrogen-bond acceptors (Lipinski definition) is 7. The summed E-state index contributed by atoms with van der Waals surface area (Å²) in [5.41, 5.74) is 8.96. The minimum absolute atomic E-state index is 0.0671. The van der Waals surface area contributed by atoms with E-state index in [4.69, 9.17) is 15.5 Å². The second kappa shape index (κ2) is 11.9. The number of nitrogens with one attached hydrogen (secondary N) is 1. The summed E-state index contributed by atoms with van der Waals surface area (Å²) in [5.74, 6) is 1.24. The zero-order valence-electron chi connectivity index (χ0n) is 21.8. The number of aromatic nitrogens is 4. The first kappa shape index (κ1) is 26.1. The molecule has 200 valence electrons. The van der Waals surface area contributed by atoms with E-state index in [0.717, 1.165) is 37.1 Å². The van der Waals surface area contributed by atoms with Crippen LogP contribution in [0.2, 0.25) is 0 Å². The normalized spacial score (nSPS) is 15.9. The summed E-state index contributed by atoms with van der Waals surface area (Å²) in [6, 6.07) is 12.3. The van der Waals surface area contributed by atoms with E-state index in [1.165, 1.54) is 0 Å². The molecule has 0 saturated carbocycles. The second-order valence-electron chi connectivity index (χ2n) is 9.35. The minimum Gasteiger partial charge on any atom is -0.382 e. The smallest absolute Gasteiger partial charge is 0.256 e. The maximum absolute atomic E-state index is 13.2. The van der Waals surface area contributed by atoms with Gasteiger partial charge in [0.25, 0.3) is 5.91 Å². The Morgan fingerprint density at radius 3 is 2.72 bits per heavy atom. The Kier molecular flexibility index (Phi) is 7.93. The summed E-state index contributed by atoms with van der Waals surface area (Å²) < 4.78 is 7.01. The molecular formula is C29H31N7O3. The number of carbonyl (C=O) groups is 2. The molecule has 1 aliphatic heterocycles. The van der Waals surface area contributed by atoms with Gasteiger partial charge in [0.1, 0.15) is 28.7 Å². The summed E-state index contributed by atoms with van der Waals surface area (Å²) in [5, 5.41) is 2.79. The third-order valence-corrected chi connectivity index (χ3v) is 6.79. The van der Waals surface area contributed by atoms with E-state index < -0.39 is 0 Å². The number of anilines is 2. The van der Waals surface area contributed by atoms with Gasteiger partial charge in [0.05, 0.1) is 12.6 Å². The number of amides is 2. The first-order valence-electron chi connectivity index (χ1n) is 13.0. The summed E-state index contributed by atoms with van der Waals surface area (Å²) in [6.45, 7) is 1.02. The topological polar surface area (TPSA) is 128 Å². The van der Waals surface area contributed by atoms with E-state index in [-0.39, 0.29) is 17.9 Å². The average molecular weight is 526 g/mol. The molecule has 4 aromatic rings. The van der Waals surface area contributed by atoms with E-state index in [2.05, 4.69) is 15.3 Å². The largest absolute Gasteiger partial charge is 0.382 e. The summed E-state index contributed by atoms with van der Waals surface area (Å²) in [7, 11) is 1.60. The number of benzene rings is 1. The van der Waals surface area contributed by atoms with Gasteiger partial charge in [0, 0.05) is 49.4 Å². The number of imidazole rings is 1. The van der Waals surface area contributed by atoms with E-state index in [1.54, 1.807) is 55.9 Å². The van der Waals surface area contributed by atoms with Crippen molar-refractivity contribution in [2.75, 3.05) is 31.3 Å². The number of rotatable bonds is 7. The van der Waals surface area contributed by atoms with Crippen LogP contribution in [0.15, 0.2) is 73.2 Å². The molecule has 1 unspecified atom stereocenters. The van der Waals surface area contributed by atoms with Crippen LogP contribution in [0, 0.1) is 0 Å². The fourth-order valence-corrected chi connectivity index (χ4v) is 4.91. The molecule has 4 heterocycles. The fourth-order valence-electron chi connectivity index (χ4n) is 4.91. The van der Waals surface area contributed by atoms with Crippen LogP contribution in [0.3, 0.4) is 0 Å². The van der Waals surface area contributed by atoms with Crippen LogP contribution in [0.4, 0.5) is 11.6 Å². The molecule has 10 heteroatoms. The number of fused-ring (bicyclic) bond motifs is 1. The van der Waals surface area contributed by atoms with Crippen LogP contribution in [0.25, 0.3) is 16.8 Å². The molecule has 1 atom stereocenters. The lowest BCUT2D eigenvalue weighted by Gasteiger charge is -2.28. The standard InChI is InChI=1S/C29H31N7O3/c1-39-19-7-10-24(37)35-17-6-2-3-8-22(35)28-34-25(26-27(30)32-16-18-36(26)28)20-11-13-21(14-12-20)29(38)33-23-9-4-5-15-31-23/h4-5,7,9-16,18,22H,2-3,6,8,17,19H2,1H3,(H2,30,32)(H,31,33,38)/b10-7+. The molecule has 39 heavy (non-hydrogen) atoms. The summed E-state index contributed by atoms with van der Waals surface area (Å²) >= 11 is 0. The molecule has 1 fully saturated rings. The molecule has 0 bridgehead atoms. The number of ether oxygens (including phenoxy) is 1. The summed E-state index contributed by atoms with van der Waals surface area (Å²) in [4.78, 5) is 41.3. The van der Waals surface area contributed by atoms with Crippen molar-refractivity contribution in [3.63, 3.8) is 0 Å². The molecule has 1 aromatic carbocycles. The molecule has 5 rings (SSSR count). The van der Waals surface area contributed by atoms with Crippen molar-refractivity contribution >= 4 is 29.0 Å². The Morgan fingerprint density at radius 2 is 1.95 bits per heavy atom. The van der Waals surface area contributed by atoms with Crippen LogP contribution in [-0.4, -0.2) is 56.3 Å². The maximum atomic E-state index is 13.2. The predicted octanol–water partition coefficient (Wildman–Crippen LogP) is 4.27. The van der Waals surface area contributed by atoms with Crippen molar-refractivity contribution in [2.24, 2.45) is 0 Å². The number of nitrogens with two attached hydrogens (primary N) is 1. The Morgan fingerprint density at radius 1 is 1.10 bits per heavy atom. The first-order valence-corrected chi connectivity index (χ1v) is 13.0. The second-order valence-corrected chi connectivity index (χ2v) is 9.35. The van der Waals surface area contributed by atoms with Crippen LogP contribution in [0.5, 0.6) is 0 Å². The number of carbonyl (C=O) groups excluding carboxylic acids is 2. The van der Waals surface area contributed by atoms with Gasteiger partial charge in [-0.2, -0.15) is 0 Å². The van der Waals surface area contributed by atoms with Crippen LogP contribution >= 0.6 is 0 Å². The number of likely N-dealkylation sites (tertiary alicyclic amines) is 1. The third kappa shape index (κ3) is 5.65. The molecule has 3 aromatic heterocycles. The van der Waals surface area contributed by atoms with Crippen molar-refractivity contribution in [3.05, 3.63) is 84.6 Å². The van der Waals surface area contributed by atoms with Crippen LogP contribution in [-0.2, 0) is 9.53 Å². The van der Waals surface area contributed by atoms with Crippen molar-refractivity contribution in [3.8, 4) is 11.3 Å². The van der Waals surface area contributed by atoms with Crippen molar-refractivity contribution < 1.29 is 14.3 Å². The highest BCUT2D eigenvalue weighted by Crippen LogP contribution is 2.35. The number of hydrogen-bond donors (Lipinski definition) is 2. The molecule has 10 nitrogen and oxygen atoms in total. The number of pyridine rings is 1.